The van der Waals surface area contributed by atoms with Crippen LogP contribution in [0.4, 0.5) is 0 Å². The lowest BCUT2D eigenvalue weighted by molar-refractivity contribution is 0.546. The first kappa shape index (κ1) is 29.8. The first-order chi connectivity index (χ1) is 26.3. The molecule has 53 heavy (non-hydrogen) atoms. The van der Waals surface area contributed by atoms with E-state index in [1.165, 1.54) is 38.1 Å². The largest absolute Gasteiger partial charge is 0.460 e. The Hall–Kier alpha value is -6.91. The molecule has 0 atom stereocenters. The van der Waals surface area contributed by atoms with Crippen LogP contribution in [0.25, 0.3) is 105 Å². The minimum Gasteiger partial charge on any atom is -0.460 e. The SMILES string of the molecule is C1=Cc2c(oc3cccc(-c4ccc(-c5nc(-c6ccccc6)nc(-c6cc7ccc8ccccc8c7c7ccccc67)n5)c5ccccc45)c23)CC1. The molecule has 1 aliphatic carbocycles. The molecule has 0 fully saturated rings. The number of nitrogens with zero attached hydrogens (tertiary/aromatic N) is 3. The van der Waals surface area contributed by atoms with Crippen molar-refractivity contribution in [3.8, 4) is 45.3 Å². The number of aryl methyl sites for hydroxylation is 1. The molecule has 0 unspecified atom stereocenters. The Labute approximate surface area is 305 Å². The van der Waals surface area contributed by atoms with Crippen molar-refractivity contribution < 1.29 is 4.42 Å². The van der Waals surface area contributed by atoms with Gasteiger partial charge in [0.05, 0.1) is 0 Å². The fourth-order valence-corrected chi connectivity index (χ4v) is 8.35. The summed E-state index contributed by atoms with van der Waals surface area (Å²) in [7, 11) is 0. The normalized spacial score (nSPS) is 12.7. The molecule has 0 radical (unpaired) electrons. The second-order valence-corrected chi connectivity index (χ2v) is 13.8. The van der Waals surface area contributed by atoms with E-state index in [9.17, 15) is 0 Å². The number of rotatable bonds is 4. The van der Waals surface area contributed by atoms with Gasteiger partial charge in [-0.2, -0.15) is 0 Å². The van der Waals surface area contributed by atoms with E-state index < -0.39 is 0 Å². The second kappa shape index (κ2) is 11.8. The second-order valence-electron chi connectivity index (χ2n) is 13.8. The zero-order valence-corrected chi connectivity index (χ0v) is 28.8. The van der Waals surface area contributed by atoms with Crippen molar-refractivity contribution in [2.24, 2.45) is 0 Å². The van der Waals surface area contributed by atoms with Crippen molar-refractivity contribution >= 4 is 60.1 Å². The summed E-state index contributed by atoms with van der Waals surface area (Å²) in [6.07, 6.45) is 6.40. The number of furan rings is 1. The summed E-state index contributed by atoms with van der Waals surface area (Å²) in [5.41, 5.74) is 7.33. The molecule has 0 saturated carbocycles. The Morgan fingerprint density at radius 3 is 1.91 bits per heavy atom. The van der Waals surface area contributed by atoms with Crippen molar-refractivity contribution in [3.63, 3.8) is 0 Å². The number of hydrogen-bond donors (Lipinski definition) is 0. The highest BCUT2D eigenvalue weighted by molar-refractivity contribution is 6.23. The van der Waals surface area contributed by atoms with Crippen molar-refractivity contribution in [1.82, 2.24) is 15.0 Å². The number of benzene rings is 8. The standard InChI is InChI=1S/C49H31N3O/c1-2-14-31(15-3-1)47-50-48(52-49(51-47)42-29-32-26-25-30-13-4-5-16-33(30)45(32)38-20-9-8-19-36(38)42)40-28-27-37(34-17-6-7-18-35(34)40)39-22-12-24-44-46(39)41-21-10-11-23-43(41)53-44/h1-10,12-22,24-29H,11,23H2. The summed E-state index contributed by atoms with van der Waals surface area (Å²) < 4.78 is 6.37. The van der Waals surface area contributed by atoms with Crippen molar-refractivity contribution in [3.05, 3.63) is 169 Å². The topological polar surface area (TPSA) is 51.8 Å². The quantitative estimate of drug-likeness (QED) is 0.174. The van der Waals surface area contributed by atoms with Crippen molar-refractivity contribution in [2.45, 2.75) is 12.8 Å². The summed E-state index contributed by atoms with van der Waals surface area (Å²) in [5.74, 6) is 3.00. The summed E-state index contributed by atoms with van der Waals surface area (Å²) >= 11 is 0. The lowest BCUT2D eigenvalue weighted by atomic mass is 9.91. The first-order valence-electron chi connectivity index (χ1n) is 18.2. The summed E-state index contributed by atoms with van der Waals surface area (Å²) in [5, 5.41) is 10.5. The molecule has 0 aliphatic heterocycles. The third kappa shape index (κ3) is 4.73. The van der Waals surface area contributed by atoms with Crippen molar-refractivity contribution in [1.29, 1.82) is 0 Å². The smallest absolute Gasteiger partial charge is 0.164 e. The summed E-state index contributed by atoms with van der Waals surface area (Å²) in [6.45, 7) is 0. The fourth-order valence-electron chi connectivity index (χ4n) is 8.35. The third-order valence-electron chi connectivity index (χ3n) is 10.8. The highest BCUT2D eigenvalue weighted by Gasteiger charge is 2.22. The Morgan fingerprint density at radius 2 is 1.08 bits per heavy atom. The molecule has 0 N–H and O–H groups in total. The average molecular weight is 678 g/mol. The van der Waals surface area contributed by atoms with Gasteiger partial charge in [-0.1, -0.05) is 146 Å². The average Bonchev–Trinajstić information content (AvgIpc) is 3.62. The molecule has 0 saturated heterocycles. The predicted octanol–water partition coefficient (Wildman–Crippen LogP) is 12.9. The minimum absolute atomic E-state index is 0.640. The van der Waals surface area contributed by atoms with Gasteiger partial charge < -0.3 is 4.42 Å². The van der Waals surface area contributed by atoms with Gasteiger partial charge in [0.2, 0.25) is 0 Å². The van der Waals surface area contributed by atoms with E-state index in [2.05, 4.69) is 146 Å². The molecule has 0 bridgehead atoms. The first-order valence-corrected chi connectivity index (χ1v) is 18.2. The molecular formula is C49H31N3O. The number of allylic oxidation sites excluding steroid dienone is 1. The van der Waals surface area contributed by atoms with Gasteiger partial charge in [-0.15, -0.1) is 0 Å². The highest BCUT2D eigenvalue weighted by Crippen LogP contribution is 2.43. The van der Waals surface area contributed by atoms with Crippen LogP contribution in [-0.2, 0) is 6.42 Å². The molecule has 8 aromatic carbocycles. The van der Waals surface area contributed by atoms with Gasteiger partial charge in [-0.25, -0.2) is 15.0 Å². The molecule has 0 amide bonds. The zero-order chi connectivity index (χ0) is 34.9. The molecule has 2 aromatic heterocycles. The lowest BCUT2D eigenvalue weighted by Gasteiger charge is -2.15. The number of hydrogen-bond acceptors (Lipinski definition) is 4. The summed E-state index contributed by atoms with van der Waals surface area (Å²) in [6, 6.07) is 53.5. The van der Waals surface area contributed by atoms with Crippen LogP contribution in [0.5, 0.6) is 0 Å². The van der Waals surface area contributed by atoms with Gasteiger partial charge in [0.25, 0.3) is 0 Å². The molecule has 11 rings (SSSR count). The Kier molecular flexibility index (Phi) is 6.65. The molecule has 248 valence electrons. The Balaban J connectivity index is 1.16. The van der Waals surface area contributed by atoms with Gasteiger partial charge in [-0.3, -0.25) is 0 Å². The Bertz CT molecular complexity index is 3120. The van der Waals surface area contributed by atoms with Gasteiger partial charge in [-0.05, 0) is 78.8 Å². The highest BCUT2D eigenvalue weighted by atomic mass is 16.3. The molecule has 0 spiro atoms. The van der Waals surface area contributed by atoms with E-state index in [1.54, 1.807) is 0 Å². The van der Waals surface area contributed by atoms with Crippen LogP contribution >= 0.6 is 0 Å². The number of fused-ring (bicyclic) bond motifs is 9. The molecule has 1 aliphatic rings. The van der Waals surface area contributed by atoms with Crippen LogP contribution in [0.15, 0.2) is 162 Å². The van der Waals surface area contributed by atoms with Crippen LogP contribution in [0.2, 0.25) is 0 Å². The maximum absolute atomic E-state index is 6.37. The summed E-state index contributed by atoms with van der Waals surface area (Å²) in [4.78, 5) is 15.7. The van der Waals surface area contributed by atoms with Gasteiger partial charge in [0.1, 0.15) is 11.3 Å². The van der Waals surface area contributed by atoms with Gasteiger partial charge in [0.15, 0.2) is 17.5 Å². The predicted molar refractivity (Wildman–Crippen MR) is 219 cm³/mol. The Morgan fingerprint density at radius 1 is 0.434 bits per heavy atom. The monoisotopic (exact) mass is 677 g/mol. The van der Waals surface area contributed by atoms with Crippen LogP contribution < -0.4 is 0 Å². The maximum atomic E-state index is 6.37. The van der Waals surface area contributed by atoms with E-state index in [0.29, 0.717) is 17.5 Å². The zero-order valence-electron chi connectivity index (χ0n) is 28.8. The van der Waals surface area contributed by atoms with Crippen LogP contribution in [-0.4, -0.2) is 15.0 Å². The maximum Gasteiger partial charge on any atom is 0.164 e. The fraction of sp³-hybridized carbons (Fsp3) is 0.0408. The molecule has 4 heteroatoms. The van der Waals surface area contributed by atoms with Crippen molar-refractivity contribution in [2.75, 3.05) is 0 Å². The van der Waals surface area contributed by atoms with E-state index in [4.69, 9.17) is 19.4 Å². The van der Waals surface area contributed by atoms with E-state index in [0.717, 1.165) is 68.0 Å². The van der Waals surface area contributed by atoms with Gasteiger partial charge in [0, 0.05) is 34.1 Å². The van der Waals surface area contributed by atoms with Crippen LogP contribution in [0.3, 0.4) is 0 Å². The lowest BCUT2D eigenvalue weighted by Crippen LogP contribution is -2.01. The molecule has 10 aromatic rings. The number of aromatic nitrogens is 3. The van der Waals surface area contributed by atoms with Crippen LogP contribution in [0.1, 0.15) is 17.7 Å². The van der Waals surface area contributed by atoms with E-state index >= 15 is 0 Å². The molecule has 4 nitrogen and oxygen atoms in total. The van der Waals surface area contributed by atoms with Crippen LogP contribution in [0, 0.1) is 0 Å². The molecular weight excluding hydrogens is 647 g/mol. The minimum atomic E-state index is 0.640. The van der Waals surface area contributed by atoms with E-state index in [-0.39, 0.29) is 0 Å². The van der Waals surface area contributed by atoms with Gasteiger partial charge >= 0.3 is 0 Å². The third-order valence-corrected chi connectivity index (χ3v) is 10.8. The molecule has 2 heterocycles. The van der Waals surface area contributed by atoms with E-state index in [1.807, 2.05) is 18.2 Å².